The van der Waals surface area contributed by atoms with E-state index in [2.05, 4.69) is 0 Å². The van der Waals surface area contributed by atoms with Gasteiger partial charge in [-0.05, 0) is 25.2 Å². The van der Waals surface area contributed by atoms with Crippen molar-refractivity contribution >= 4 is 7.68 Å². The molecule has 1 fully saturated rings. The SMILES string of the molecule is CCCP(=O)(F)OCCCC1CCCC1. The highest BCUT2D eigenvalue weighted by Crippen LogP contribution is 2.49. The van der Waals surface area contributed by atoms with Crippen LogP contribution < -0.4 is 0 Å². The van der Waals surface area contributed by atoms with Crippen LogP contribution in [0.15, 0.2) is 0 Å². The summed E-state index contributed by atoms with van der Waals surface area (Å²) in [6.07, 6.45) is 7.89. The summed E-state index contributed by atoms with van der Waals surface area (Å²) >= 11 is 0. The molecular formula is C11H22FO2P. The summed E-state index contributed by atoms with van der Waals surface area (Å²) in [4.78, 5) is 0. The minimum absolute atomic E-state index is 0.0659. The molecule has 0 aromatic heterocycles. The van der Waals surface area contributed by atoms with Crippen molar-refractivity contribution in [1.29, 1.82) is 0 Å². The van der Waals surface area contributed by atoms with Gasteiger partial charge in [0.2, 0.25) is 0 Å². The maximum absolute atomic E-state index is 13.1. The highest BCUT2D eigenvalue weighted by atomic mass is 31.2. The highest BCUT2D eigenvalue weighted by molar-refractivity contribution is 7.53. The predicted octanol–water partition coefficient (Wildman–Crippen LogP) is 4.55. The molecule has 0 radical (unpaired) electrons. The Morgan fingerprint density at radius 2 is 2.07 bits per heavy atom. The van der Waals surface area contributed by atoms with Gasteiger partial charge in [0.15, 0.2) is 0 Å². The molecule has 0 saturated heterocycles. The maximum Gasteiger partial charge on any atom is 0.367 e. The van der Waals surface area contributed by atoms with Gasteiger partial charge < -0.3 is 4.52 Å². The highest BCUT2D eigenvalue weighted by Gasteiger charge is 2.20. The Balaban J connectivity index is 2.02. The van der Waals surface area contributed by atoms with E-state index in [9.17, 15) is 8.76 Å². The van der Waals surface area contributed by atoms with Crippen LogP contribution in [0.4, 0.5) is 4.20 Å². The summed E-state index contributed by atoms with van der Waals surface area (Å²) in [5, 5.41) is 0. The molecule has 1 aliphatic carbocycles. The van der Waals surface area contributed by atoms with Crippen LogP contribution in [-0.4, -0.2) is 12.8 Å². The topological polar surface area (TPSA) is 26.3 Å². The Morgan fingerprint density at radius 1 is 1.40 bits per heavy atom. The van der Waals surface area contributed by atoms with Crippen LogP contribution in [0.5, 0.6) is 0 Å². The van der Waals surface area contributed by atoms with Crippen molar-refractivity contribution in [3.05, 3.63) is 0 Å². The average molecular weight is 236 g/mol. The second-order valence-corrected chi connectivity index (χ2v) is 6.33. The third kappa shape index (κ3) is 5.67. The normalized spacial score (nSPS) is 21.7. The van der Waals surface area contributed by atoms with Crippen molar-refractivity contribution in [1.82, 2.24) is 0 Å². The molecule has 90 valence electrons. The van der Waals surface area contributed by atoms with Crippen molar-refractivity contribution in [3.8, 4) is 0 Å². The van der Waals surface area contributed by atoms with Crippen molar-refractivity contribution < 1.29 is 13.3 Å². The molecule has 2 nitrogen and oxygen atoms in total. The van der Waals surface area contributed by atoms with E-state index in [0.29, 0.717) is 13.0 Å². The lowest BCUT2D eigenvalue weighted by Crippen LogP contribution is -1.98. The molecule has 0 N–H and O–H groups in total. The Labute approximate surface area is 92.2 Å². The largest absolute Gasteiger partial charge is 0.367 e. The Kier molecular flexibility index (Phi) is 5.84. The molecule has 1 atom stereocenters. The molecule has 15 heavy (non-hydrogen) atoms. The van der Waals surface area contributed by atoms with E-state index in [1.807, 2.05) is 6.92 Å². The van der Waals surface area contributed by atoms with E-state index in [1.54, 1.807) is 0 Å². The Bertz CT molecular complexity index is 215. The van der Waals surface area contributed by atoms with E-state index in [1.165, 1.54) is 25.7 Å². The summed E-state index contributed by atoms with van der Waals surface area (Å²) in [6.45, 7) is 2.14. The van der Waals surface area contributed by atoms with E-state index < -0.39 is 7.68 Å². The van der Waals surface area contributed by atoms with Crippen LogP contribution in [0.2, 0.25) is 0 Å². The number of hydrogen-bond acceptors (Lipinski definition) is 2. The fraction of sp³-hybridized carbons (Fsp3) is 1.00. The van der Waals surface area contributed by atoms with Crippen molar-refractivity contribution in [3.63, 3.8) is 0 Å². The van der Waals surface area contributed by atoms with Gasteiger partial charge in [-0.15, -0.1) is 0 Å². The van der Waals surface area contributed by atoms with Crippen LogP contribution in [0.1, 0.15) is 51.9 Å². The Morgan fingerprint density at radius 3 is 2.67 bits per heavy atom. The van der Waals surface area contributed by atoms with Gasteiger partial charge >= 0.3 is 7.68 Å². The van der Waals surface area contributed by atoms with Gasteiger partial charge in [-0.2, -0.15) is 4.20 Å². The van der Waals surface area contributed by atoms with E-state index in [-0.39, 0.29) is 6.16 Å². The first-order valence-corrected chi connectivity index (χ1v) is 7.77. The second kappa shape index (κ2) is 6.65. The fourth-order valence-corrected chi connectivity index (χ4v) is 3.27. The van der Waals surface area contributed by atoms with Crippen LogP contribution in [0.25, 0.3) is 0 Å². The van der Waals surface area contributed by atoms with Crippen LogP contribution in [0.3, 0.4) is 0 Å². The molecule has 0 aromatic carbocycles. The molecule has 0 amide bonds. The molecule has 0 aliphatic heterocycles. The molecule has 0 aromatic rings. The summed E-state index contributed by atoms with van der Waals surface area (Å²) in [5.41, 5.74) is 0. The van der Waals surface area contributed by atoms with Crippen LogP contribution >= 0.6 is 7.68 Å². The zero-order chi connectivity index (χ0) is 11.1. The lowest BCUT2D eigenvalue weighted by Gasteiger charge is -2.11. The van der Waals surface area contributed by atoms with Crippen molar-refractivity contribution in [2.75, 3.05) is 12.8 Å². The lowest BCUT2D eigenvalue weighted by molar-refractivity contribution is 0.269. The smallest absolute Gasteiger partial charge is 0.306 e. The van der Waals surface area contributed by atoms with Crippen molar-refractivity contribution in [2.24, 2.45) is 5.92 Å². The quantitative estimate of drug-likeness (QED) is 0.479. The van der Waals surface area contributed by atoms with Gasteiger partial charge in [-0.1, -0.05) is 32.6 Å². The van der Waals surface area contributed by atoms with Crippen LogP contribution in [0, 0.1) is 5.92 Å². The van der Waals surface area contributed by atoms with Gasteiger partial charge in [0.05, 0.1) is 12.8 Å². The standard InChI is InChI=1S/C11H22FO2P/c1-2-10-15(12,13)14-9-5-8-11-6-3-4-7-11/h11H,2-10H2,1H3. The number of halogens is 1. The number of hydrogen-bond donors (Lipinski definition) is 0. The van der Waals surface area contributed by atoms with Gasteiger partial charge in [0.25, 0.3) is 0 Å². The first-order valence-electron chi connectivity index (χ1n) is 6.07. The first kappa shape index (κ1) is 13.2. The summed E-state index contributed by atoms with van der Waals surface area (Å²) in [7, 11) is -3.75. The second-order valence-electron chi connectivity index (χ2n) is 4.44. The van der Waals surface area contributed by atoms with Gasteiger partial charge in [-0.25, -0.2) is 0 Å². The van der Waals surface area contributed by atoms with E-state index in [0.717, 1.165) is 18.8 Å². The maximum atomic E-state index is 13.1. The molecule has 0 bridgehead atoms. The average Bonchev–Trinajstić information content (AvgIpc) is 2.65. The minimum atomic E-state index is -3.75. The number of rotatable bonds is 7. The summed E-state index contributed by atoms with van der Waals surface area (Å²) in [5.74, 6) is 0.804. The molecule has 0 spiro atoms. The van der Waals surface area contributed by atoms with Crippen molar-refractivity contribution in [2.45, 2.75) is 51.9 Å². The first-order chi connectivity index (χ1) is 7.14. The Hall–Kier alpha value is 0.120. The molecule has 4 heteroatoms. The zero-order valence-corrected chi connectivity index (χ0v) is 10.5. The van der Waals surface area contributed by atoms with Gasteiger partial charge in [-0.3, -0.25) is 4.57 Å². The fourth-order valence-electron chi connectivity index (χ4n) is 2.20. The molecule has 1 aliphatic rings. The molecule has 1 unspecified atom stereocenters. The van der Waals surface area contributed by atoms with Crippen LogP contribution in [-0.2, 0) is 9.09 Å². The monoisotopic (exact) mass is 236 g/mol. The molecular weight excluding hydrogens is 214 g/mol. The summed E-state index contributed by atoms with van der Waals surface area (Å²) in [6, 6.07) is 0. The summed E-state index contributed by atoms with van der Waals surface area (Å²) < 4.78 is 29.1. The van der Waals surface area contributed by atoms with Gasteiger partial charge in [0, 0.05) is 0 Å². The minimum Gasteiger partial charge on any atom is -0.306 e. The molecule has 1 saturated carbocycles. The third-order valence-corrected chi connectivity index (χ3v) is 4.56. The zero-order valence-electron chi connectivity index (χ0n) is 9.58. The third-order valence-electron chi connectivity index (χ3n) is 3.01. The van der Waals surface area contributed by atoms with E-state index >= 15 is 0 Å². The lowest BCUT2D eigenvalue weighted by atomic mass is 10.0. The predicted molar refractivity (Wildman–Crippen MR) is 61.0 cm³/mol. The molecule has 1 rings (SSSR count). The van der Waals surface area contributed by atoms with E-state index in [4.69, 9.17) is 4.52 Å². The van der Waals surface area contributed by atoms with Gasteiger partial charge in [0.1, 0.15) is 0 Å². The molecule has 0 heterocycles.